The summed E-state index contributed by atoms with van der Waals surface area (Å²) < 4.78 is 5.59. The second-order valence-corrected chi connectivity index (χ2v) is 6.26. The zero-order chi connectivity index (χ0) is 13.6. The lowest BCUT2D eigenvalue weighted by molar-refractivity contribution is -0.126. The molecule has 3 N–H and O–H groups in total. The molecule has 0 bridgehead atoms. The van der Waals surface area contributed by atoms with Crippen LogP contribution in [0.2, 0.25) is 0 Å². The Hall–Kier alpha value is -0.610. The van der Waals surface area contributed by atoms with Crippen molar-refractivity contribution >= 4 is 5.91 Å². The molecule has 4 heteroatoms. The van der Waals surface area contributed by atoms with Crippen LogP contribution >= 0.6 is 0 Å². The fourth-order valence-corrected chi connectivity index (χ4v) is 2.32. The third kappa shape index (κ3) is 5.36. The van der Waals surface area contributed by atoms with Crippen LogP contribution in [0.4, 0.5) is 0 Å². The van der Waals surface area contributed by atoms with Gasteiger partial charge in [0.1, 0.15) is 0 Å². The van der Waals surface area contributed by atoms with Crippen LogP contribution in [-0.4, -0.2) is 31.2 Å². The van der Waals surface area contributed by atoms with Crippen LogP contribution < -0.4 is 11.1 Å². The second kappa shape index (κ2) is 7.10. The summed E-state index contributed by atoms with van der Waals surface area (Å²) in [5.41, 5.74) is 5.65. The van der Waals surface area contributed by atoms with Gasteiger partial charge in [0.05, 0.1) is 12.5 Å². The lowest BCUT2D eigenvalue weighted by atomic mass is 9.84. The van der Waals surface area contributed by atoms with Gasteiger partial charge in [-0.15, -0.1) is 0 Å². The maximum absolute atomic E-state index is 12.0. The number of hydrogen-bond donors (Lipinski definition) is 2. The van der Waals surface area contributed by atoms with Gasteiger partial charge in [0.2, 0.25) is 5.91 Å². The number of amides is 1. The summed E-state index contributed by atoms with van der Waals surface area (Å²) >= 11 is 0. The minimum Gasteiger partial charge on any atom is -0.378 e. The summed E-state index contributed by atoms with van der Waals surface area (Å²) in [5, 5.41) is 3.11. The van der Waals surface area contributed by atoms with Crippen molar-refractivity contribution < 1.29 is 9.53 Å². The van der Waals surface area contributed by atoms with Gasteiger partial charge in [-0.3, -0.25) is 4.79 Å². The zero-order valence-electron chi connectivity index (χ0n) is 12.0. The van der Waals surface area contributed by atoms with Gasteiger partial charge in [-0.2, -0.15) is 0 Å². The highest BCUT2D eigenvalue weighted by Gasteiger charge is 2.26. The van der Waals surface area contributed by atoms with Crippen molar-refractivity contribution in [1.29, 1.82) is 0 Å². The quantitative estimate of drug-likeness (QED) is 0.788. The molecule has 0 spiro atoms. The predicted octanol–water partition coefficient (Wildman–Crippen LogP) is 1.83. The molecule has 1 saturated heterocycles. The summed E-state index contributed by atoms with van der Waals surface area (Å²) in [5.74, 6) is 0.0928. The molecule has 1 heterocycles. The average molecular weight is 256 g/mol. The molecule has 18 heavy (non-hydrogen) atoms. The van der Waals surface area contributed by atoms with Crippen LogP contribution in [0.5, 0.6) is 0 Å². The number of rotatable bonds is 5. The van der Waals surface area contributed by atoms with Crippen molar-refractivity contribution in [2.75, 3.05) is 13.2 Å². The maximum Gasteiger partial charge on any atom is 0.222 e. The predicted molar refractivity (Wildman–Crippen MR) is 73.3 cm³/mol. The van der Waals surface area contributed by atoms with Crippen molar-refractivity contribution in [2.24, 2.45) is 11.1 Å². The average Bonchev–Trinajstić information content (AvgIpc) is 2.28. The molecule has 1 rings (SSSR count). The number of ether oxygens (including phenoxy) is 1. The largest absolute Gasteiger partial charge is 0.378 e. The van der Waals surface area contributed by atoms with E-state index in [4.69, 9.17) is 10.5 Å². The topological polar surface area (TPSA) is 64.3 Å². The molecule has 0 aromatic carbocycles. The van der Waals surface area contributed by atoms with E-state index in [-0.39, 0.29) is 23.5 Å². The van der Waals surface area contributed by atoms with E-state index >= 15 is 0 Å². The molecule has 0 radical (unpaired) electrons. The lowest BCUT2D eigenvalue weighted by Gasteiger charge is -2.32. The molecule has 1 aliphatic heterocycles. The molecule has 2 unspecified atom stereocenters. The van der Waals surface area contributed by atoms with Crippen molar-refractivity contribution in [2.45, 2.75) is 65.0 Å². The Morgan fingerprint density at radius 3 is 2.67 bits per heavy atom. The molecule has 1 fully saturated rings. The molecular formula is C14H28N2O2. The Balaban J connectivity index is 2.40. The van der Waals surface area contributed by atoms with E-state index in [1.54, 1.807) is 0 Å². The van der Waals surface area contributed by atoms with Crippen molar-refractivity contribution in [1.82, 2.24) is 5.32 Å². The first-order chi connectivity index (χ1) is 8.43. The minimum absolute atomic E-state index is 0.0441. The fraction of sp³-hybridized carbons (Fsp3) is 0.929. The van der Waals surface area contributed by atoms with Crippen molar-refractivity contribution in [3.63, 3.8) is 0 Å². The number of hydrogen-bond acceptors (Lipinski definition) is 3. The van der Waals surface area contributed by atoms with Gasteiger partial charge in [0.15, 0.2) is 0 Å². The Kier molecular flexibility index (Phi) is 6.09. The van der Waals surface area contributed by atoms with Gasteiger partial charge in [-0.05, 0) is 37.6 Å². The van der Waals surface area contributed by atoms with Crippen molar-refractivity contribution in [3.05, 3.63) is 0 Å². The molecule has 1 aliphatic rings. The Morgan fingerprint density at radius 2 is 2.17 bits per heavy atom. The van der Waals surface area contributed by atoms with Gasteiger partial charge in [0.25, 0.3) is 0 Å². The molecule has 0 aliphatic carbocycles. The number of carbonyl (C=O) groups excluding carboxylic acids is 1. The van der Waals surface area contributed by atoms with Gasteiger partial charge in [-0.1, -0.05) is 20.8 Å². The number of carbonyl (C=O) groups is 1. The summed E-state index contributed by atoms with van der Waals surface area (Å²) in [6, 6.07) is 0.138. The molecule has 0 aromatic heterocycles. The van der Waals surface area contributed by atoms with Crippen LogP contribution in [0.1, 0.15) is 52.9 Å². The minimum atomic E-state index is 0.0441. The molecular weight excluding hydrogens is 228 g/mol. The number of nitrogens with two attached hydrogens (primary N) is 1. The zero-order valence-corrected chi connectivity index (χ0v) is 12.0. The first-order valence-corrected chi connectivity index (χ1v) is 7.04. The smallest absolute Gasteiger partial charge is 0.222 e. The SMILES string of the molecule is CC(C)(C)C(CCN)NC(=O)CC1CCCCO1. The van der Waals surface area contributed by atoms with E-state index in [1.165, 1.54) is 6.42 Å². The monoisotopic (exact) mass is 256 g/mol. The standard InChI is InChI=1S/C14H28N2O2/c1-14(2,3)12(7-8-15)16-13(17)10-11-6-4-5-9-18-11/h11-12H,4-10,15H2,1-3H3,(H,16,17). The van der Waals surface area contributed by atoms with E-state index in [0.29, 0.717) is 13.0 Å². The first-order valence-electron chi connectivity index (χ1n) is 7.04. The van der Waals surface area contributed by atoms with Gasteiger partial charge in [-0.25, -0.2) is 0 Å². The van der Waals surface area contributed by atoms with E-state index in [9.17, 15) is 4.79 Å². The fourth-order valence-electron chi connectivity index (χ4n) is 2.32. The highest BCUT2D eigenvalue weighted by Crippen LogP contribution is 2.22. The van der Waals surface area contributed by atoms with Crippen LogP contribution in [0.25, 0.3) is 0 Å². The maximum atomic E-state index is 12.0. The van der Waals surface area contributed by atoms with Crippen LogP contribution in [-0.2, 0) is 9.53 Å². The number of nitrogens with one attached hydrogen (secondary N) is 1. The van der Waals surface area contributed by atoms with Gasteiger partial charge < -0.3 is 15.8 Å². The Labute approximate surface area is 111 Å². The van der Waals surface area contributed by atoms with Crippen LogP contribution in [0.15, 0.2) is 0 Å². The second-order valence-electron chi connectivity index (χ2n) is 6.26. The van der Waals surface area contributed by atoms with Gasteiger partial charge >= 0.3 is 0 Å². The van der Waals surface area contributed by atoms with Crippen molar-refractivity contribution in [3.8, 4) is 0 Å². The molecule has 4 nitrogen and oxygen atoms in total. The first kappa shape index (κ1) is 15.4. The lowest BCUT2D eigenvalue weighted by Crippen LogP contribution is -2.46. The summed E-state index contributed by atoms with van der Waals surface area (Å²) in [6.07, 6.45) is 4.71. The van der Waals surface area contributed by atoms with E-state index in [0.717, 1.165) is 25.9 Å². The summed E-state index contributed by atoms with van der Waals surface area (Å²) in [4.78, 5) is 12.0. The summed E-state index contributed by atoms with van der Waals surface area (Å²) in [7, 11) is 0. The molecule has 0 aromatic rings. The Bertz CT molecular complexity index is 255. The highest BCUT2D eigenvalue weighted by atomic mass is 16.5. The Morgan fingerprint density at radius 1 is 1.44 bits per heavy atom. The third-order valence-corrected chi connectivity index (χ3v) is 3.52. The molecule has 0 saturated carbocycles. The molecule has 106 valence electrons. The van der Waals surface area contributed by atoms with Crippen LogP contribution in [0.3, 0.4) is 0 Å². The van der Waals surface area contributed by atoms with Crippen LogP contribution in [0, 0.1) is 5.41 Å². The third-order valence-electron chi connectivity index (χ3n) is 3.52. The van der Waals surface area contributed by atoms with Gasteiger partial charge in [0, 0.05) is 12.6 Å². The normalized spacial score (nSPS) is 22.6. The highest BCUT2D eigenvalue weighted by molar-refractivity contribution is 5.76. The molecule has 2 atom stereocenters. The van der Waals surface area contributed by atoms with E-state index in [1.807, 2.05) is 0 Å². The summed E-state index contributed by atoms with van der Waals surface area (Å²) in [6.45, 7) is 7.78. The molecule has 1 amide bonds. The van der Waals surface area contributed by atoms with E-state index < -0.39 is 0 Å². The van der Waals surface area contributed by atoms with E-state index in [2.05, 4.69) is 26.1 Å².